The molecule has 0 aliphatic carbocycles. The minimum atomic E-state index is -0.556. The predicted octanol–water partition coefficient (Wildman–Crippen LogP) is 3.50. The third-order valence-electron chi connectivity index (χ3n) is 4.08. The molecule has 0 amide bonds. The van der Waals surface area contributed by atoms with E-state index in [0.717, 1.165) is 23.5 Å². The van der Waals surface area contributed by atoms with E-state index in [9.17, 15) is 5.11 Å². The summed E-state index contributed by atoms with van der Waals surface area (Å²) < 4.78 is 5.23. The zero-order valence-electron chi connectivity index (χ0n) is 14.4. The molecule has 0 fully saturated rings. The molecule has 2 N–H and O–H groups in total. The van der Waals surface area contributed by atoms with Crippen molar-refractivity contribution in [3.8, 4) is 5.75 Å². The normalized spacial score (nSPS) is 13.4. The van der Waals surface area contributed by atoms with E-state index in [1.807, 2.05) is 62.5 Å². The first-order valence-electron chi connectivity index (χ1n) is 8.08. The number of hydrogen-bond donors (Lipinski definition) is 2. The number of likely N-dealkylation sites (N-methyl/N-ethyl adjacent to an activating group) is 2. The van der Waals surface area contributed by atoms with Crippen LogP contribution in [0.1, 0.15) is 18.5 Å². The van der Waals surface area contributed by atoms with E-state index in [0.29, 0.717) is 11.6 Å². The van der Waals surface area contributed by atoms with E-state index in [4.69, 9.17) is 16.3 Å². The van der Waals surface area contributed by atoms with E-state index >= 15 is 0 Å². The SMILES string of the molecule is CCNCC(O)C(c1ccc(OC)cc1)N(C)c1ccc(Cl)cc1. The highest BCUT2D eigenvalue weighted by atomic mass is 35.5. The van der Waals surface area contributed by atoms with Crippen LogP contribution in [0.4, 0.5) is 5.69 Å². The summed E-state index contributed by atoms with van der Waals surface area (Å²) in [5, 5.41) is 14.7. The van der Waals surface area contributed by atoms with Crippen LogP contribution in [0.5, 0.6) is 5.75 Å². The van der Waals surface area contributed by atoms with E-state index in [1.54, 1.807) is 7.11 Å². The van der Waals surface area contributed by atoms with Crippen molar-refractivity contribution in [2.45, 2.75) is 19.1 Å². The molecule has 2 aromatic carbocycles. The molecule has 5 heteroatoms. The quantitative estimate of drug-likeness (QED) is 0.766. The minimum Gasteiger partial charge on any atom is -0.497 e. The van der Waals surface area contributed by atoms with Crippen LogP contribution < -0.4 is 15.0 Å². The van der Waals surface area contributed by atoms with Crippen molar-refractivity contribution in [1.82, 2.24) is 5.32 Å². The standard InChI is InChI=1S/C19H25ClN2O2/c1-4-21-13-18(23)19(14-5-11-17(24-3)12-6-14)22(2)16-9-7-15(20)8-10-16/h5-12,18-19,21,23H,4,13H2,1-3H3. The molecule has 2 aromatic rings. The molecule has 0 bridgehead atoms. The summed E-state index contributed by atoms with van der Waals surface area (Å²) in [6.45, 7) is 3.36. The molecule has 0 saturated carbocycles. The summed E-state index contributed by atoms with van der Waals surface area (Å²) in [7, 11) is 3.62. The second kappa shape index (κ2) is 8.92. The Morgan fingerprint density at radius 1 is 1.12 bits per heavy atom. The Bertz CT molecular complexity index is 616. The Kier molecular flexibility index (Phi) is 6.91. The number of aliphatic hydroxyl groups excluding tert-OH is 1. The highest BCUT2D eigenvalue weighted by Gasteiger charge is 2.25. The van der Waals surface area contributed by atoms with Gasteiger partial charge in [-0.2, -0.15) is 0 Å². The van der Waals surface area contributed by atoms with Gasteiger partial charge in [0.25, 0.3) is 0 Å². The average Bonchev–Trinajstić information content (AvgIpc) is 2.61. The highest BCUT2D eigenvalue weighted by molar-refractivity contribution is 6.30. The summed E-state index contributed by atoms with van der Waals surface area (Å²) in [6.07, 6.45) is -0.556. The molecule has 2 atom stereocenters. The van der Waals surface area contributed by atoms with E-state index in [-0.39, 0.29) is 6.04 Å². The molecular formula is C19H25ClN2O2. The van der Waals surface area contributed by atoms with Crippen molar-refractivity contribution in [1.29, 1.82) is 0 Å². The number of hydrogen-bond acceptors (Lipinski definition) is 4. The van der Waals surface area contributed by atoms with Crippen LogP contribution >= 0.6 is 11.6 Å². The molecule has 130 valence electrons. The minimum absolute atomic E-state index is 0.184. The number of rotatable bonds is 8. The van der Waals surface area contributed by atoms with Crippen molar-refractivity contribution in [2.24, 2.45) is 0 Å². The fourth-order valence-electron chi connectivity index (χ4n) is 2.75. The van der Waals surface area contributed by atoms with Crippen LogP contribution in [-0.4, -0.2) is 38.5 Å². The van der Waals surface area contributed by atoms with Gasteiger partial charge >= 0.3 is 0 Å². The Balaban J connectivity index is 2.31. The second-order valence-electron chi connectivity index (χ2n) is 5.68. The highest BCUT2D eigenvalue weighted by Crippen LogP contribution is 2.30. The third kappa shape index (κ3) is 4.63. The molecule has 0 aliphatic rings. The van der Waals surface area contributed by atoms with E-state index in [2.05, 4.69) is 10.2 Å². The summed E-state index contributed by atoms with van der Waals surface area (Å²) in [5.41, 5.74) is 2.02. The van der Waals surface area contributed by atoms with Crippen molar-refractivity contribution in [3.63, 3.8) is 0 Å². The lowest BCUT2D eigenvalue weighted by atomic mass is 9.99. The van der Waals surface area contributed by atoms with Crippen molar-refractivity contribution >= 4 is 17.3 Å². The molecule has 0 aliphatic heterocycles. The monoisotopic (exact) mass is 348 g/mol. The maximum atomic E-state index is 10.7. The first-order chi connectivity index (χ1) is 11.6. The van der Waals surface area contributed by atoms with Gasteiger partial charge in [0, 0.05) is 24.3 Å². The summed E-state index contributed by atoms with van der Waals surface area (Å²) in [5.74, 6) is 0.799. The Hall–Kier alpha value is -1.75. The van der Waals surface area contributed by atoms with Gasteiger partial charge in [-0.1, -0.05) is 30.7 Å². The maximum absolute atomic E-state index is 10.7. The average molecular weight is 349 g/mol. The van der Waals surface area contributed by atoms with Crippen LogP contribution in [0.15, 0.2) is 48.5 Å². The number of nitrogens with one attached hydrogen (secondary N) is 1. The molecule has 0 aromatic heterocycles. The first kappa shape index (κ1) is 18.6. The fourth-order valence-corrected chi connectivity index (χ4v) is 2.87. The number of methoxy groups -OCH3 is 1. The van der Waals surface area contributed by atoms with Gasteiger partial charge in [-0.25, -0.2) is 0 Å². The Morgan fingerprint density at radius 2 is 1.75 bits per heavy atom. The molecule has 24 heavy (non-hydrogen) atoms. The van der Waals surface area contributed by atoms with Crippen LogP contribution in [0.3, 0.4) is 0 Å². The van der Waals surface area contributed by atoms with Crippen LogP contribution in [-0.2, 0) is 0 Å². The van der Waals surface area contributed by atoms with Crippen molar-refractivity contribution in [2.75, 3.05) is 32.1 Å². The van der Waals surface area contributed by atoms with Gasteiger partial charge < -0.3 is 20.1 Å². The molecule has 0 heterocycles. The maximum Gasteiger partial charge on any atom is 0.118 e. The van der Waals surface area contributed by atoms with Crippen LogP contribution in [0.2, 0.25) is 5.02 Å². The van der Waals surface area contributed by atoms with Crippen LogP contribution in [0.25, 0.3) is 0 Å². The lowest BCUT2D eigenvalue weighted by Gasteiger charge is -2.34. The zero-order valence-corrected chi connectivity index (χ0v) is 15.1. The van der Waals surface area contributed by atoms with Gasteiger partial charge in [0.1, 0.15) is 5.75 Å². The molecule has 2 rings (SSSR count). The van der Waals surface area contributed by atoms with Gasteiger partial charge in [0.2, 0.25) is 0 Å². The molecule has 4 nitrogen and oxygen atoms in total. The van der Waals surface area contributed by atoms with E-state index in [1.165, 1.54) is 0 Å². The Morgan fingerprint density at radius 3 is 2.29 bits per heavy atom. The van der Waals surface area contributed by atoms with Gasteiger partial charge in [-0.05, 0) is 48.5 Å². The first-order valence-corrected chi connectivity index (χ1v) is 8.45. The summed E-state index contributed by atoms with van der Waals surface area (Å²) in [6, 6.07) is 15.3. The lowest BCUT2D eigenvalue weighted by Crippen LogP contribution is -2.40. The van der Waals surface area contributed by atoms with Crippen molar-refractivity contribution < 1.29 is 9.84 Å². The molecule has 0 radical (unpaired) electrons. The molecule has 0 spiro atoms. The topological polar surface area (TPSA) is 44.7 Å². The number of benzene rings is 2. The van der Waals surface area contributed by atoms with E-state index < -0.39 is 6.10 Å². The van der Waals surface area contributed by atoms with Crippen molar-refractivity contribution in [3.05, 3.63) is 59.1 Å². The zero-order chi connectivity index (χ0) is 17.5. The predicted molar refractivity (Wildman–Crippen MR) is 100 cm³/mol. The molecule has 0 saturated heterocycles. The van der Waals surface area contributed by atoms with Gasteiger partial charge in [0.15, 0.2) is 0 Å². The smallest absolute Gasteiger partial charge is 0.118 e. The summed E-state index contributed by atoms with van der Waals surface area (Å²) in [4.78, 5) is 2.07. The van der Waals surface area contributed by atoms with Crippen LogP contribution in [0, 0.1) is 0 Å². The number of halogens is 1. The number of anilines is 1. The fraction of sp³-hybridized carbons (Fsp3) is 0.368. The second-order valence-corrected chi connectivity index (χ2v) is 6.12. The number of aliphatic hydroxyl groups is 1. The molecule has 2 unspecified atom stereocenters. The number of ether oxygens (including phenoxy) is 1. The lowest BCUT2D eigenvalue weighted by molar-refractivity contribution is 0.141. The molecular weight excluding hydrogens is 324 g/mol. The van der Waals surface area contributed by atoms with Gasteiger partial charge in [-0.15, -0.1) is 0 Å². The number of nitrogens with zero attached hydrogens (tertiary/aromatic N) is 1. The largest absolute Gasteiger partial charge is 0.497 e. The van der Waals surface area contributed by atoms with Gasteiger partial charge in [0.05, 0.1) is 19.3 Å². The summed E-state index contributed by atoms with van der Waals surface area (Å²) >= 11 is 5.99. The third-order valence-corrected chi connectivity index (χ3v) is 4.33. The van der Waals surface area contributed by atoms with Gasteiger partial charge in [-0.3, -0.25) is 0 Å². The Labute approximate surface area is 149 Å².